The second-order valence-electron chi connectivity index (χ2n) is 7.12. The van der Waals surface area contributed by atoms with E-state index in [1.807, 2.05) is 24.3 Å². The number of hydrogen-bond acceptors (Lipinski definition) is 7. The molecule has 3 aromatic rings. The predicted octanol–water partition coefficient (Wildman–Crippen LogP) is 4.35. The summed E-state index contributed by atoms with van der Waals surface area (Å²) >= 11 is 1.16. The Morgan fingerprint density at radius 3 is 2.48 bits per heavy atom. The number of aliphatic hydroxyl groups excluding tert-OH is 1. The molecule has 2 aromatic heterocycles. The summed E-state index contributed by atoms with van der Waals surface area (Å²) in [7, 11) is 0. The average molecular weight is 409 g/mol. The molecule has 4 rings (SSSR count). The van der Waals surface area contributed by atoms with Gasteiger partial charge in [-0.1, -0.05) is 49.4 Å². The normalized spacial score (nSPS) is 16.9. The molecule has 29 heavy (non-hydrogen) atoms. The highest BCUT2D eigenvalue weighted by molar-refractivity contribution is 7.13. The number of carbonyl (C=O) groups excluding carboxylic acids is 2. The van der Waals surface area contributed by atoms with Gasteiger partial charge in [-0.2, -0.15) is 0 Å². The van der Waals surface area contributed by atoms with Gasteiger partial charge in [-0.05, 0) is 36.1 Å². The van der Waals surface area contributed by atoms with Gasteiger partial charge in [0.05, 0.1) is 11.6 Å². The Morgan fingerprint density at radius 1 is 1.21 bits per heavy atom. The molecule has 0 saturated carbocycles. The van der Waals surface area contributed by atoms with Gasteiger partial charge >= 0.3 is 0 Å². The highest BCUT2D eigenvalue weighted by Crippen LogP contribution is 2.42. The van der Waals surface area contributed by atoms with Crippen LogP contribution in [0.25, 0.3) is 0 Å². The topological polar surface area (TPSA) is 96.5 Å². The van der Waals surface area contributed by atoms with Gasteiger partial charge in [0, 0.05) is 0 Å². The molecule has 0 fully saturated rings. The zero-order valence-corrected chi connectivity index (χ0v) is 16.9. The van der Waals surface area contributed by atoms with Crippen molar-refractivity contribution in [3.05, 3.63) is 75.9 Å². The van der Waals surface area contributed by atoms with Crippen LogP contribution in [0.2, 0.25) is 0 Å². The monoisotopic (exact) mass is 409 g/mol. The average Bonchev–Trinajstić information content (AvgIpc) is 3.43. The number of ketones is 1. The van der Waals surface area contributed by atoms with Crippen LogP contribution < -0.4 is 4.90 Å². The first-order valence-electron chi connectivity index (χ1n) is 9.12. The molecule has 1 aromatic carbocycles. The van der Waals surface area contributed by atoms with Crippen molar-refractivity contribution >= 4 is 28.2 Å². The van der Waals surface area contributed by atoms with Crippen molar-refractivity contribution in [2.24, 2.45) is 0 Å². The fourth-order valence-electron chi connectivity index (χ4n) is 3.37. The predicted molar refractivity (Wildman–Crippen MR) is 108 cm³/mol. The van der Waals surface area contributed by atoms with Crippen LogP contribution in [0.4, 0.5) is 5.13 Å². The van der Waals surface area contributed by atoms with Gasteiger partial charge in [0.25, 0.3) is 5.91 Å². The SMILES string of the molecule is Cc1ccc(C(=O)C2=C(O)C(=O)N(c3nncs3)C2c2ccc(C(C)C)cc2)o1. The largest absolute Gasteiger partial charge is 0.503 e. The number of amides is 1. The van der Waals surface area contributed by atoms with Crippen molar-refractivity contribution < 1.29 is 19.1 Å². The molecule has 1 amide bonds. The molecular formula is C21H19N3O4S. The number of hydrogen-bond donors (Lipinski definition) is 1. The quantitative estimate of drug-likeness (QED) is 0.630. The number of rotatable bonds is 5. The summed E-state index contributed by atoms with van der Waals surface area (Å²) in [6, 6.07) is 10.0. The number of carbonyl (C=O) groups is 2. The van der Waals surface area contributed by atoms with E-state index in [0.717, 1.165) is 16.9 Å². The van der Waals surface area contributed by atoms with Gasteiger partial charge < -0.3 is 9.52 Å². The van der Waals surface area contributed by atoms with Crippen LogP contribution in [-0.4, -0.2) is 27.0 Å². The van der Waals surface area contributed by atoms with Crippen LogP contribution in [0, 0.1) is 6.92 Å². The summed E-state index contributed by atoms with van der Waals surface area (Å²) in [5.74, 6) is -0.849. The maximum Gasteiger partial charge on any atom is 0.296 e. The van der Waals surface area contributed by atoms with E-state index in [-0.39, 0.29) is 11.3 Å². The van der Waals surface area contributed by atoms with Crippen LogP contribution in [-0.2, 0) is 4.79 Å². The minimum Gasteiger partial charge on any atom is -0.503 e. The molecule has 7 nitrogen and oxygen atoms in total. The van der Waals surface area contributed by atoms with Crippen LogP contribution in [0.15, 0.2) is 57.7 Å². The van der Waals surface area contributed by atoms with E-state index in [9.17, 15) is 14.7 Å². The Hall–Kier alpha value is -3.26. The van der Waals surface area contributed by atoms with Crippen molar-refractivity contribution in [3.8, 4) is 0 Å². The Morgan fingerprint density at radius 2 is 1.93 bits per heavy atom. The number of nitrogens with zero attached hydrogens (tertiary/aromatic N) is 3. The second kappa shape index (κ2) is 7.29. The fraction of sp³-hybridized carbons (Fsp3) is 0.238. The van der Waals surface area contributed by atoms with Crippen LogP contribution >= 0.6 is 11.3 Å². The van der Waals surface area contributed by atoms with Crippen molar-refractivity contribution in [3.63, 3.8) is 0 Å². The van der Waals surface area contributed by atoms with E-state index in [0.29, 0.717) is 22.4 Å². The number of furan rings is 1. The number of anilines is 1. The van der Waals surface area contributed by atoms with Crippen molar-refractivity contribution in [2.45, 2.75) is 32.7 Å². The first-order chi connectivity index (χ1) is 13.9. The molecule has 1 N–H and O–H groups in total. The standard InChI is InChI=1S/C21H19N3O4S/c1-11(2)13-5-7-14(8-6-13)17-16(18(25)15-9-4-12(3)28-15)19(26)20(27)24(17)21-23-22-10-29-21/h4-11,17,26H,1-3H3. The summed E-state index contributed by atoms with van der Waals surface area (Å²) in [5.41, 5.74) is 3.28. The van der Waals surface area contributed by atoms with Gasteiger partial charge in [0.2, 0.25) is 10.9 Å². The summed E-state index contributed by atoms with van der Waals surface area (Å²) in [4.78, 5) is 27.4. The zero-order valence-electron chi connectivity index (χ0n) is 16.1. The van der Waals surface area contributed by atoms with E-state index < -0.39 is 23.5 Å². The summed E-state index contributed by atoms with van der Waals surface area (Å²) in [5, 5.41) is 18.7. The number of aliphatic hydroxyl groups is 1. The Kier molecular flexibility index (Phi) is 4.79. The molecule has 0 saturated heterocycles. The second-order valence-corrected chi connectivity index (χ2v) is 7.93. The summed E-state index contributed by atoms with van der Waals surface area (Å²) in [6.45, 7) is 5.89. The van der Waals surface area contributed by atoms with E-state index in [1.54, 1.807) is 13.0 Å². The molecule has 148 valence electrons. The molecule has 3 heterocycles. The third kappa shape index (κ3) is 3.25. The molecule has 0 radical (unpaired) electrons. The first kappa shape index (κ1) is 19.1. The van der Waals surface area contributed by atoms with Gasteiger partial charge in [-0.15, -0.1) is 10.2 Å². The third-order valence-electron chi connectivity index (χ3n) is 4.89. The first-order valence-corrected chi connectivity index (χ1v) is 10.00. The lowest BCUT2D eigenvalue weighted by Gasteiger charge is -2.24. The van der Waals surface area contributed by atoms with Gasteiger partial charge in [0.15, 0.2) is 11.5 Å². The Bertz CT molecular complexity index is 1100. The maximum absolute atomic E-state index is 13.2. The summed E-state index contributed by atoms with van der Waals surface area (Å²) in [6.07, 6.45) is 0. The lowest BCUT2D eigenvalue weighted by molar-refractivity contribution is -0.117. The molecule has 0 bridgehead atoms. The zero-order chi connectivity index (χ0) is 20.7. The number of aromatic nitrogens is 2. The van der Waals surface area contributed by atoms with Gasteiger partial charge in [-0.25, -0.2) is 0 Å². The van der Waals surface area contributed by atoms with Gasteiger partial charge in [0.1, 0.15) is 11.3 Å². The summed E-state index contributed by atoms with van der Waals surface area (Å²) < 4.78 is 5.45. The lowest BCUT2D eigenvalue weighted by atomic mass is 9.93. The number of aryl methyl sites for hydroxylation is 1. The van der Waals surface area contributed by atoms with Gasteiger partial charge in [-0.3, -0.25) is 14.5 Å². The van der Waals surface area contributed by atoms with E-state index in [2.05, 4.69) is 24.0 Å². The highest BCUT2D eigenvalue weighted by atomic mass is 32.1. The number of Topliss-reactive ketones (excluding diaryl/α,β-unsaturated/α-hetero) is 1. The molecule has 1 aliphatic heterocycles. The molecule has 1 aliphatic rings. The molecule has 1 unspecified atom stereocenters. The molecule has 0 spiro atoms. The molecule has 8 heteroatoms. The smallest absolute Gasteiger partial charge is 0.296 e. The minimum atomic E-state index is -0.824. The highest BCUT2D eigenvalue weighted by Gasteiger charge is 2.46. The molecular weight excluding hydrogens is 390 g/mol. The Balaban J connectivity index is 1.84. The van der Waals surface area contributed by atoms with Crippen molar-refractivity contribution in [1.29, 1.82) is 0 Å². The fourth-order valence-corrected chi connectivity index (χ4v) is 3.96. The molecule has 0 aliphatic carbocycles. The van der Waals surface area contributed by atoms with E-state index in [1.165, 1.54) is 16.5 Å². The van der Waals surface area contributed by atoms with Crippen molar-refractivity contribution in [2.75, 3.05) is 4.90 Å². The molecule has 1 atom stereocenters. The van der Waals surface area contributed by atoms with Crippen molar-refractivity contribution in [1.82, 2.24) is 10.2 Å². The maximum atomic E-state index is 13.2. The van der Waals surface area contributed by atoms with E-state index >= 15 is 0 Å². The lowest BCUT2D eigenvalue weighted by Crippen LogP contribution is -2.31. The van der Waals surface area contributed by atoms with Crippen LogP contribution in [0.5, 0.6) is 0 Å². The number of benzene rings is 1. The van der Waals surface area contributed by atoms with E-state index in [4.69, 9.17) is 4.42 Å². The Labute approximate surface area is 171 Å². The van der Waals surface area contributed by atoms with Crippen LogP contribution in [0.1, 0.15) is 53.2 Å². The van der Waals surface area contributed by atoms with Crippen LogP contribution in [0.3, 0.4) is 0 Å². The third-order valence-corrected chi connectivity index (χ3v) is 5.58. The minimum absolute atomic E-state index is 0.0307.